The quantitative estimate of drug-likeness (QED) is 0.628. The zero-order valence-electron chi connectivity index (χ0n) is 15.0. The number of amides is 2. The van der Waals surface area contributed by atoms with Crippen molar-refractivity contribution in [2.75, 3.05) is 56.8 Å². The van der Waals surface area contributed by atoms with Gasteiger partial charge in [-0.15, -0.1) is 0 Å². The Kier molecular flexibility index (Phi) is 6.56. The number of quaternary nitrogens is 1. The third kappa shape index (κ3) is 4.79. The van der Waals surface area contributed by atoms with E-state index in [1.807, 2.05) is 29.6 Å². The van der Waals surface area contributed by atoms with Gasteiger partial charge in [-0.2, -0.15) is 0 Å². The Labute approximate surface area is 152 Å². The van der Waals surface area contributed by atoms with E-state index in [1.54, 1.807) is 12.0 Å². The zero-order chi connectivity index (χ0) is 18.4. The van der Waals surface area contributed by atoms with E-state index in [9.17, 15) is 9.59 Å². The first-order valence-corrected chi connectivity index (χ1v) is 8.90. The van der Waals surface area contributed by atoms with Gasteiger partial charge in [0.1, 0.15) is 19.3 Å². The molecule has 2 fully saturated rings. The van der Waals surface area contributed by atoms with E-state index in [0.717, 1.165) is 17.9 Å². The van der Waals surface area contributed by atoms with E-state index in [1.165, 1.54) is 0 Å². The summed E-state index contributed by atoms with van der Waals surface area (Å²) in [6, 6.07) is 7.17. The average molecular weight is 364 g/mol. The second kappa shape index (κ2) is 9.09. The van der Waals surface area contributed by atoms with Crippen LogP contribution in [0.4, 0.5) is 11.4 Å². The number of nitrogens with one attached hydrogen (secondary N) is 1. The molecule has 1 aromatic carbocycles. The van der Waals surface area contributed by atoms with Crippen LogP contribution in [0, 0.1) is 0 Å². The number of carbonyl (C=O) groups is 2. The molecule has 3 N–H and O–H groups in total. The first-order chi connectivity index (χ1) is 12.7. The van der Waals surface area contributed by atoms with Crippen molar-refractivity contribution in [1.29, 1.82) is 0 Å². The molecular weight excluding hydrogens is 338 g/mol. The number of nitrogens with two attached hydrogens (primary N) is 1. The van der Waals surface area contributed by atoms with E-state index in [2.05, 4.69) is 5.32 Å². The molecule has 2 amide bonds. The van der Waals surface area contributed by atoms with Crippen molar-refractivity contribution in [2.45, 2.75) is 18.6 Å². The van der Waals surface area contributed by atoms with Crippen molar-refractivity contribution in [1.82, 2.24) is 0 Å². The van der Waals surface area contributed by atoms with E-state index >= 15 is 0 Å². The molecule has 8 nitrogen and oxygen atoms in total. The maximum absolute atomic E-state index is 12.4. The Balaban J connectivity index is 1.49. The molecule has 0 radical (unpaired) electrons. The molecule has 2 saturated heterocycles. The number of ether oxygens (including phenoxy) is 3. The van der Waals surface area contributed by atoms with Gasteiger partial charge in [0.2, 0.25) is 0 Å². The second-order valence-corrected chi connectivity index (χ2v) is 6.43. The maximum Gasteiger partial charge on any atom is 0.282 e. The molecule has 0 aliphatic carbocycles. The predicted octanol–water partition coefficient (Wildman–Crippen LogP) is -0.644. The number of nitrogens with zero attached hydrogens (tertiary/aromatic N) is 1. The zero-order valence-corrected chi connectivity index (χ0v) is 15.0. The van der Waals surface area contributed by atoms with Crippen LogP contribution in [0.3, 0.4) is 0 Å². The van der Waals surface area contributed by atoms with Crippen molar-refractivity contribution in [3.05, 3.63) is 24.3 Å². The van der Waals surface area contributed by atoms with Crippen molar-refractivity contribution < 1.29 is 29.1 Å². The van der Waals surface area contributed by atoms with Gasteiger partial charge >= 0.3 is 0 Å². The van der Waals surface area contributed by atoms with Gasteiger partial charge in [-0.05, 0) is 24.3 Å². The summed E-state index contributed by atoms with van der Waals surface area (Å²) < 4.78 is 15.8. The number of rotatable bonds is 7. The lowest BCUT2D eigenvalue weighted by Gasteiger charge is -2.26. The second-order valence-electron chi connectivity index (χ2n) is 6.43. The first-order valence-electron chi connectivity index (χ1n) is 8.90. The van der Waals surface area contributed by atoms with Crippen molar-refractivity contribution in [3.63, 3.8) is 0 Å². The lowest BCUT2D eigenvalue weighted by Crippen LogP contribution is -2.89. The molecule has 26 heavy (non-hydrogen) atoms. The Morgan fingerprint density at radius 3 is 2.88 bits per heavy atom. The summed E-state index contributed by atoms with van der Waals surface area (Å²) in [5.74, 6) is -0.0776. The lowest BCUT2D eigenvalue weighted by atomic mass is 10.2. The summed E-state index contributed by atoms with van der Waals surface area (Å²) in [4.78, 5) is 26.0. The third-order valence-corrected chi connectivity index (χ3v) is 4.61. The largest absolute Gasteiger partial charge is 0.382 e. The fourth-order valence-electron chi connectivity index (χ4n) is 3.19. The average Bonchev–Trinajstić information content (AvgIpc) is 3.12. The van der Waals surface area contributed by atoms with Crippen LogP contribution >= 0.6 is 0 Å². The molecular formula is C18H26N3O5+. The first kappa shape index (κ1) is 18.8. The number of hydrogen-bond acceptors (Lipinski definition) is 5. The van der Waals surface area contributed by atoms with E-state index in [0.29, 0.717) is 32.8 Å². The standard InChI is InChI=1S/C18H25N3O5/c1-24-8-9-26-15-10-16(19-11-15)18(23)20-13-2-4-14(5-3-13)21-6-7-25-12-17(21)22/h2-5,15-16,19H,6-12H2,1H3,(H,20,23)/p+1/t15-,16-/m1/s1. The van der Waals surface area contributed by atoms with E-state index < -0.39 is 0 Å². The molecule has 3 rings (SSSR count). The Bertz CT molecular complexity index is 622. The molecule has 0 bridgehead atoms. The normalized spacial score (nSPS) is 23.3. The summed E-state index contributed by atoms with van der Waals surface area (Å²) in [5.41, 5.74) is 1.53. The molecule has 1 aromatic rings. The SMILES string of the molecule is COCCO[C@H]1C[NH2+][C@@H](C(=O)Nc2ccc(N3CCOCC3=O)cc2)C1. The van der Waals surface area contributed by atoms with Crippen LogP contribution in [0.1, 0.15) is 6.42 Å². The highest BCUT2D eigenvalue weighted by molar-refractivity contribution is 5.96. The van der Waals surface area contributed by atoms with E-state index in [-0.39, 0.29) is 30.6 Å². The van der Waals surface area contributed by atoms with Crippen molar-refractivity contribution >= 4 is 23.2 Å². The number of benzene rings is 1. The minimum absolute atomic E-state index is 0.0296. The van der Waals surface area contributed by atoms with Crippen LogP contribution in [0.2, 0.25) is 0 Å². The van der Waals surface area contributed by atoms with Crippen LogP contribution in [-0.2, 0) is 23.8 Å². The smallest absolute Gasteiger partial charge is 0.282 e. The number of anilines is 2. The Morgan fingerprint density at radius 1 is 1.35 bits per heavy atom. The van der Waals surface area contributed by atoms with E-state index in [4.69, 9.17) is 14.2 Å². The van der Waals surface area contributed by atoms with Gasteiger partial charge in [0.05, 0.1) is 19.8 Å². The molecule has 142 valence electrons. The van der Waals surface area contributed by atoms with Gasteiger partial charge < -0.3 is 29.7 Å². The summed E-state index contributed by atoms with van der Waals surface area (Å²) in [5, 5.41) is 4.94. The van der Waals surface area contributed by atoms with Crippen LogP contribution in [0.5, 0.6) is 0 Å². The van der Waals surface area contributed by atoms with Gasteiger partial charge in [0, 0.05) is 31.5 Å². The monoisotopic (exact) mass is 364 g/mol. The summed E-state index contributed by atoms with van der Waals surface area (Å²) in [6.07, 6.45) is 0.770. The minimum Gasteiger partial charge on any atom is -0.382 e. The molecule has 2 aliphatic heterocycles. The topological polar surface area (TPSA) is 93.7 Å². The van der Waals surface area contributed by atoms with Crippen LogP contribution in [0.15, 0.2) is 24.3 Å². The molecule has 0 saturated carbocycles. The van der Waals surface area contributed by atoms with Crippen LogP contribution < -0.4 is 15.5 Å². The Morgan fingerprint density at radius 2 is 2.15 bits per heavy atom. The predicted molar refractivity (Wildman–Crippen MR) is 95.1 cm³/mol. The number of carbonyl (C=O) groups excluding carboxylic acids is 2. The fourth-order valence-corrected chi connectivity index (χ4v) is 3.19. The minimum atomic E-state index is -0.150. The number of methoxy groups -OCH3 is 1. The number of morpholine rings is 1. The van der Waals surface area contributed by atoms with Crippen LogP contribution in [0.25, 0.3) is 0 Å². The number of hydrogen-bond donors (Lipinski definition) is 2. The van der Waals surface area contributed by atoms with Gasteiger partial charge in [-0.25, -0.2) is 0 Å². The molecule has 0 unspecified atom stereocenters. The molecule has 8 heteroatoms. The fraction of sp³-hybridized carbons (Fsp3) is 0.556. The molecule has 0 aromatic heterocycles. The Hall–Kier alpha value is -2.00. The van der Waals surface area contributed by atoms with Gasteiger partial charge in [-0.3, -0.25) is 9.59 Å². The highest BCUT2D eigenvalue weighted by Gasteiger charge is 2.34. The summed E-state index contributed by atoms with van der Waals surface area (Å²) >= 11 is 0. The molecule has 0 spiro atoms. The van der Waals surface area contributed by atoms with Crippen LogP contribution in [-0.4, -0.2) is 70.6 Å². The van der Waals surface area contributed by atoms with Gasteiger partial charge in [-0.1, -0.05) is 0 Å². The summed E-state index contributed by atoms with van der Waals surface area (Å²) in [7, 11) is 1.64. The third-order valence-electron chi connectivity index (χ3n) is 4.61. The maximum atomic E-state index is 12.4. The lowest BCUT2D eigenvalue weighted by molar-refractivity contribution is -0.659. The van der Waals surface area contributed by atoms with Gasteiger partial charge in [0.25, 0.3) is 11.8 Å². The van der Waals surface area contributed by atoms with Gasteiger partial charge in [0.15, 0.2) is 6.04 Å². The van der Waals surface area contributed by atoms with Crippen molar-refractivity contribution in [3.8, 4) is 0 Å². The molecule has 2 heterocycles. The van der Waals surface area contributed by atoms with Crippen molar-refractivity contribution in [2.24, 2.45) is 0 Å². The molecule has 2 aliphatic rings. The highest BCUT2D eigenvalue weighted by atomic mass is 16.5. The molecule has 2 atom stereocenters. The summed E-state index contributed by atoms with van der Waals surface area (Å²) in [6.45, 7) is 3.08. The highest BCUT2D eigenvalue weighted by Crippen LogP contribution is 2.20.